The van der Waals surface area contributed by atoms with Gasteiger partial charge in [-0.1, -0.05) is 11.6 Å². The van der Waals surface area contributed by atoms with Gasteiger partial charge in [-0.3, -0.25) is 9.52 Å². The Balaban J connectivity index is 1.76. The largest absolute Gasteiger partial charge is 0.494 e. The van der Waals surface area contributed by atoms with Crippen molar-refractivity contribution in [3.63, 3.8) is 0 Å². The molecular weight excluding hydrogens is 432 g/mol. The second-order valence-corrected chi connectivity index (χ2v) is 9.88. The van der Waals surface area contributed by atoms with Crippen molar-refractivity contribution < 1.29 is 17.9 Å². The minimum Gasteiger partial charge on any atom is -0.494 e. The Morgan fingerprint density at radius 1 is 1.17 bits per heavy atom. The molecule has 0 bridgehead atoms. The summed E-state index contributed by atoms with van der Waals surface area (Å²) < 4.78 is 33.4. The maximum absolute atomic E-state index is 12.8. The summed E-state index contributed by atoms with van der Waals surface area (Å²) in [7, 11) is -3.88. The van der Waals surface area contributed by atoms with Crippen LogP contribution in [0.2, 0.25) is 5.02 Å². The summed E-state index contributed by atoms with van der Waals surface area (Å²) in [6.07, 6.45) is 1.79. The summed E-state index contributed by atoms with van der Waals surface area (Å²) in [6.45, 7) is 2.40. The van der Waals surface area contributed by atoms with Crippen LogP contribution in [-0.4, -0.2) is 38.5 Å². The molecule has 0 radical (unpaired) electrons. The van der Waals surface area contributed by atoms with Gasteiger partial charge in [0.25, 0.3) is 15.9 Å². The van der Waals surface area contributed by atoms with Crippen molar-refractivity contribution in [1.82, 2.24) is 5.32 Å². The molecule has 6 nitrogen and oxygen atoms in total. The van der Waals surface area contributed by atoms with Gasteiger partial charge in [0.15, 0.2) is 0 Å². The van der Waals surface area contributed by atoms with Gasteiger partial charge in [-0.05, 0) is 73.7 Å². The standard InChI is InChI=1S/C20H23ClN2O4S2/c1-2-27-16-5-3-15(4-6-16)23-29(25,26)17-7-8-19(21)18(13-17)20(24)22-14-9-11-28-12-10-14/h3-8,13-14,23H,2,9-12H2,1H3,(H,22,24). The number of hydrogen-bond donors (Lipinski definition) is 2. The third kappa shape index (κ3) is 5.81. The van der Waals surface area contributed by atoms with Gasteiger partial charge < -0.3 is 10.1 Å². The summed E-state index contributed by atoms with van der Waals surface area (Å²) in [5.74, 6) is 2.30. The quantitative estimate of drug-likeness (QED) is 0.656. The molecule has 156 valence electrons. The number of nitrogens with one attached hydrogen (secondary N) is 2. The Hall–Kier alpha value is -1.90. The van der Waals surface area contributed by atoms with Crippen molar-refractivity contribution in [2.45, 2.75) is 30.7 Å². The van der Waals surface area contributed by atoms with Crippen LogP contribution in [0.5, 0.6) is 5.75 Å². The van der Waals surface area contributed by atoms with Gasteiger partial charge in [0, 0.05) is 11.7 Å². The van der Waals surface area contributed by atoms with Crippen LogP contribution in [0.15, 0.2) is 47.4 Å². The lowest BCUT2D eigenvalue weighted by Gasteiger charge is -2.22. The summed E-state index contributed by atoms with van der Waals surface area (Å²) in [5.41, 5.74) is 0.550. The highest BCUT2D eigenvalue weighted by atomic mass is 35.5. The fourth-order valence-electron chi connectivity index (χ4n) is 2.95. The van der Waals surface area contributed by atoms with Crippen molar-refractivity contribution in [1.29, 1.82) is 0 Å². The second kappa shape index (κ2) is 9.73. The van der Waals surface area contributed by atoms with Crippen LogP contribution in [0.4, 0.5) is 5.69 Å². The highest BCUT2D eigenvalue weighted by Gasteiger charge is 2.22. The van der Waals surface area contributed by atoms with Crippen LogP contribution < -0.4 is 14.8 Å². The van der Waals surface area contributed by atoms with Gasteiger partial charge in [0.1, 0.15) is 5.75 Å². The van der Waals surface area contributed by atoms with E-state index in [-0.39, 0.29) is 27.4 Å². The van der Waals surface area contributed by atoms with E-state index in [1.54, 1.807) is 24.3 Å². The average molecular weight is 455 g/mol. The monoisotopic (exact) mass is 454 g/mol. The van der Waals surface area contributed by atoms with Crippen molar-refractivity contribution in [2.24, 2.45) is 0 Å². The smallest absolute Gasteiger partial charge is 0.261 e. The Labute approximate surface area is 180 Å². The zero-order valence-electron chi connectivity index (χ0n) is 16.0. The lowest BCUT2D eigenvalue weighted by Crippen LogP contribution is -2.37. The molecule has 29 heavy (non-hydrogen) atoms. The first kappa shape index (κ1) is 21.8. The molecule has 0 aromatic heterocycles. The first-order chi connectivity index (χ1) is 13.9. The van der Waals surface area contributed by atoms with Crippen molar-refractivity contribution in [3.8, 4) is 5.75 Å². The number of amides is 1. The number of thioether (sulfide) groups is 1. The van der Waals surface area contributed by atoms with Crippen LogP contribution in [0.25, 0.3) is 0 Å². The number of carbonyl (C=O) groups is 1. The van der Waals surface area contributed by atoms with Crippen molar-refractivity contribution >= 4 is 45.0 Å². The molecule has 0 saturated carbocycles. The van der Waals surface area contributed by atoms with E-state index in [2.05, 4.69) is 10.0 Å². The Kier molecular flexibility index (Phi) is 7.32. The van der Waals surface area contributed by atoms with Crippen LogP contribution in [-0.2, 0) is 10.0 Å². The Bertz CT molecular complexity index is 959. The minimum absolute atomic E-state index is 0.0277. The number of anilines is 1. The lowest BCUT2D eigenvalue weighted by atomic mass is 10.1. The number of sulfonamides is 1. The van der Waals surface area contributed by atoms with Crippen molar-refractivity contribution in [2.75, 3.05) is 22.8 Å². The molecule has 2 aromatic rings. The Morgan fingerprint density at radius 3 is 2.52 bits per heavy atom. The third-order valence-corrected chi connectivity index (χ3v) is 7.22. The minimum atomic E-state index is -3.88. The molecule has 1 aliphatic rings. The number of hydrogen-bond acceptors (Lipinski definition) is 5. The second-order valence-electron chi connectivity index (χ2n) is 6.56. The molecular formula is C20H23ClN2O4S2. The zero-order chi connectivity index (χ0) is 20.9. The molecule has 0 atom stereocenters. The molecule has 0 aliphatic carbocycles. The topological polar surface area (TPSA) is 84.5 Å². The van der Waals surface area contributed by atoms with Crippen LogP contribution in [0, 0.1) is 0 Å². The van der Waals surface area contributed by atoms with E-state index in [9.17, 15) is 13.2 Å². The first-order valence-corrected chi connectivity index (χ1v) is 12.3. The van der Waals surface area contributed by atoms with E-state index >= 15 is 0 Å². The van der Waals surface area contributed by atoms with Gasteiger partial charge in [-0.15, -0.1) is 0 Å². The average Bonchev–Trinajstić information content (AvgIpc) is 2.70. The van der Waals surface area contributed by atoms with E-state index in [4.69, 9.17) is 16.3 Å². The zero-order valence-corrected chi connectivity index (χ0v) is 18.4. The summed E-state index contributed by atoms with van der Waals surface area (Å²) in [6, 6.07) is 10.8. The number of halogens is 1. The maximum atomic E-state index is 12.8. The fourth-order valence-corrected chi connectivity index (χ4v) is 5.34. The molecule has 1 saturated heterocycles. The first-order valence-electron chi connectivity index (χ1n) is 9.33. The fraction of sp³-hybridized carbons (Fsp3) is 0.350. The van der Waals surface area contributed by atoms with Crippen molar-refractivity contribution in [3.05, 3.63) is 53.1 Å². The van der Waals surface area contributed by atoms with E-state index in [0.717, 1.165) is 24.3 Å². The number of benzene rings is 2. The normalized spacial score (nSPS) is 15.0. The summed E-state index contributed by atoms with van der Waals surface area (Å²) in [5, 5.41) is 3.17. The summed E-state index contributed by atoms with van der Waals surface area (Å²) >= 11 is 8.03. The lowest BCUT2D eigenvalue weighted by molar-refractivity contribution is 0.0935. The van der Waals surface area contributed by atoms with E-state index in [1.807, 2.05) is 18.7 Å². The van der Waals surface area contributed by atoms with E-state index in [0.29, 0.717) is 18.0 Å². The van der Waals surface area contributed by atoms with E-state index in [1.165, 1.54) is 18.2 Å². The molecule has 0 spiro atoms. The molecule has 0 unspecified atom stereocenters. The third-order valence-electron chi connectivity index (χ3n) is 4.47. The maximum Gasteiger partial charge on any atom is 0.261 e. The molecule has 1 aliphatic heterocycles. The molecule has 2 aromatic carbocycles. The molecule has 2 N–H and O–H groups in total. The van der Waals surface area contributed by atoms with Crippen LogP contribution in [0.3, 0.4) is 0 Å². The predicted molar refractivity (Wildman–Crippen MR) is 118 cm³/mol. The molecule has 1 heterocycles. The molecule has 1 fully saturated rings. The van der Waals surface area contributed by atoms with Gasteiger partial charge in [0.2, 0.25) is 0 Å². The summed E-state index contributed by atoms with van der Waals surface area (Å²) in [4.78, 5) is 12.6. The number of rotatable bonds is 7. The highest BCUT2D eigenvalue weighted by molar-refractivity contribution is 7.99. The van der Waals surface area contributed by atoms with Crippen LogP contribution in [0.1, 0.15) is 30.1 Å². The molecule has 3 rings (SSSR count). The van der Waals surface area contributed by atoms with Crippen LogP contribution >= 0.6 is 23.4 Å². The van der Waals surface area contributed by atoms with E-state index < -0.39 is 10.0 Å². The number of ether oxygens (including phenoxy) is 1. The molecule has 9 heteroatoms. The number of carbonyl (C=O) groups excluding carboxylic acids is 1. The highest BCUT2D eigenvalue weighted by Crippen LogP contribution is 2.24. The van der Waals surface area contributed by atoms with Gasteiger partial charge in [-0.2, -0.15) is 11.8 Å². The Morgan fingerprint density at radius 2 is 1.86 bits per heavy atom. The van der Waals surface area contributed by atoms with Gasteiger partial charge in [0.05, 0.1) is 22.1 Å². The predicted octanol–water partition coefficient (Wildman–Crippen LogP) is 4.16. The van der Waals surface area contributed by atoms with Gasteiger partial charge in [-0.25, -0.2) is 8.42 Å². The molecule has 1 amide bonds. The SMILES string of the molecule is CCOc1ccc(NS(=O)(=O)c2ccc(Cl)c(C(=O)NC3CCSCC3)c2)cc1. The van der Waals surface area contributed by atoms with Gasteiger partial charge >= 0.3 is 0 Å².